The van der Waals surface area contributed by atoms with Gasteiger partial charge in [0.2, 0.25) is 0 Å². The lowest BCUT2D eigenvalue weighted by Crippen LogP contribution is -2.20. The maximum Gasteiger partial charge on any atom is 0.325 e. The minimum absolute atomic E-state index is 0.278. The van der Waals surface area contributed by atoms with E-state index in [1.165, 1.54) is 11.3 Å². The molecule has 0 spiro atoms. The molecule has 0 bridgehead atoms. The first-order valence-electron chi connectivity index (χ1n) is 6.43. The minimum atomic E-state index is -0.278. The first kappa shape index (κ1) is 13.4. The Labute approximate surface area is 126 Å². The molecule has 21 heavy (non-hydrogen) atoms. The standard InChI is InChI=1S/C15H14N4OS/c1-19-13(16-15(20)17-14-8-5-9-21-14)10-12(18-19)11-6-3-2-4-7-11/h2-10H,1H3,(H2,16,17,20). The maximum absolute atomic E-state index is 11.9. The van der Waals surface area contributed by atoms with Crippen LogP contribution in [-0.4, -0.2) is 15.8 Å². The molecule has 3 aromatic rings. The number of carbonyl (C=O) groups excluding carboxylic acids is 1. The van der Waals surface area contributed by atoms with Gasteiger partial charge in [-0.25, -0.2) is 4.79 Å². The predicted molar refractivity (Wildman–Crippen MR) is 85.6 cm³/mol. The largest absolute Gasteiger partial charge is 0.325 e. The summed E-state index contributed by atoms with van der Waals surface area (Å²) in [5.41, 5.74) is 1.84. The fourth-order valence-corrected chi connectivity index (χ4v) is 2.56. The van der Waals surface area contributed by atoms with Gasteiger partial charge >= 0.3 is 6.03 Å². The number of nitrogens with one attached hydrogen (secondary N) is 2. The molecule has 0 saturated heterocycles. The van der Waals surface area contributed by atoms with Crippen molar-refractivity contribution in [2.24, 2.45) is 7.05 Å². The highest BCUT2D eigenvalue weighted by molar-refractivity contribution is 7.14. The highest BCUT2D eigenvalue weighted by Gasteiger charge is 2.10. The Morgan fingerprint density at radius 3 is 2.67 bits per heavy atom. The molecule has 0 atom stereocenters. The van der Waals surface area contributed by atoms with Crippen LogP contribution in [0.4, 0.5) is 15.6 Å². The first-order chi connectivity index (χ1) is 10.2. The highest BCUT2D eigenvalue weighted by atomic mass is 32.1. The van der Waals surface area contributed by atoms with Gasteiger partial charge in [0, 0.05) is 18.7 Å². The van der Waals surface area contributed by atoms with E-state index in [2.05, 4.69) is 15.7 Å². The van der Waals surface area contributed by atoms with Crippen molar-refractivity contribution in [2.75, 3.05) is 10.6 Å². The number of hydrogen-bond donors (Lipinski definition) is 2. The summed E-state index contributed by atoms with van der Waals surface area (Å²) in [5, 5.41) is 12.7. The number of aromatic nitrogens is 2. The number of benzene rings is 1. The van der Waals surface area contributed by atoms with Gasteiger partial charge in [-0.1, -0.05) is 30.3 Å². The first-order valence-corrected chi connectivity index (χ1v) is 7.31. The molecule has 6 heteroatoms. The van der Waals surface area contributed by atoms with E-state index in [0.717, 1.165) is 16.3 Å². The fraction of sp³-hybridized carbons (Fsp3) is 0.0667. The Morgan fingerprint density at radius 2 is 1.95 bits per heavy atom. The second kappa shape index (κ2) is 5.80. The maximum atomic E-state index is 11.9. The van der Waals surface area contributed by atoms with E-state index in [1.54, 1.807) is 11.7 Å². The van der Waals surface area contributed by atoms with Crippen molar-refractivity contribution in [1.82, 2.24) is 9.78 Å². The minimum Gasteiger partial charge on any atom is -0.299 e. The summed E-state index contributed by atoms with van der Waals surface area (Å²) in [4.78, 5) is 11.9. The van der Waals surface area contributed by atoms with Crippen LogP contribution in [0.2, 0.25) is 0 Å². The van der Waals surface area contributed by atoms with E-state index in [1.807, 2.05) is 53.9 Å². The number of rotatable bonds is 3. The molecule has 3 rings (SSSR count). The molecule has 0 unspecified atom stereocenters. The zero-order valence-corrected chi connectivity index (χ0v) is 12.2. The zero-order valence-electron chi connectivity index (χ0n) is 11.4. The molecule has 2 heterocycles. The highest BCUT2D eigenvalue weighted by Crippen LogP contribution is 2.21. The van der Waals surface area contributed by atoms with Crippen LogP contribution in [0.3, 0.4) is 0 Å². The summed E-state index contributed by atoms with van der Waals surface area (Å²) >= 11 is 1.47. The molecule has 2 amide bonds. The van der Waals surface area contributed by atoms with Gasteiger partial charge in [-0.05, 0) is 17.5 Å². The Kier molecular flexibility index (Phi) is 3.70. The number of anilines is 2. The summed E-state index contributed by atoms with van der Waals surface area (Å²) < 4.78 is 1.65. The third-order valence-electron chi connectivity index (χ3n) is 2.95. The third kappa shape index (κ3) is 3.11. The van der Waals surface area contributed by atoms with Crippen LogP contribution in [0.1, 0.15) is 0 Å². The van der Waals surface area contributed by atoms with Crippen molar-refractivity contribution in [2.45, 2.75) is 0 Å². The molecule has 5 nitrogen and oxygen atoms in total. The fourth-order valence-electron chi connectivity index (χ4n) is 1.94. The number of urea groups is 1. The van der Waals surface area contributed by atoms with Crippen LogP contribution in [0.25, 0.3) is 11.3 Å². The molecular weight excluding hydrogens is 284 g/mol. The van der Waals surface area contributed by atoms with Gasteiger partial charge in [-0.3, -0.25) is 15.3 Å². The average Bonchev–Trinajstić information content (AvgIpc) is 3.11. The molecular formula is C15H14N4OS. The monoisotopic (exact) mass is 298 g/mol. The third-order valence-corrected chi connectivity index (χ3v) is 3.73. The van der Waals surface area contributed by atoms with Gasteiger partial charge in [0.25, 0.3) is 0 Å². The van der Waals surface area contributed by atoms with Crippen LogP contribution in [0.5, 0.6) is 0 Å². The number of amides is 2. The number of carbonyl (C=O) groups is 1. The second-order valence-corrected chi connectivity index (χ2v) is 5.41. The quantitative estimate of drug-likeness (QED) is 0.773. The van der Waals surface area contributed by atoms with Gasteiger partial charge < -0.3 is 0 Å². The lowest BCUT2D eigenvalue weighted by atomic mass is 10.2. The van der Waals surface area contributed by atoms with E-state index in [-0.39, 0.29) is 6.03 Å². The lowest BCUT2D eigenvalue weighted by Gasteiger charge is -2.05. The molecule has 0 aliphatic rings. The van der Waals surface area contributed by atoms with Crippen molar-refractivity contribution in [3.8, 4) is 11.3 Å². The van der Waals surface area contributed by atoms with Crippen molar-refractivity contribution in [3.05, 3.63) is 53.9 Å². The number of aryl methyl sites for hydroxylation is 1. The molecule has 0 saturated carbocycles. The molecule has 1 aromatic carbocycles. The summed E-state index contributed by atoms with van der Waals surface area (Å²) in [5.74, 6) is 0.642. The van der Waals surface area contributed by atoms with Crippen molar-refractivity contribution in [1.29, 1.82) is 0 Å². The summed E-state index contributed by atoms with van der Waals surface area (Å²) in [7, 11) is 1.80. The van der Waals surface area contributed by atoms with Crippen molar-refractivity contribution in [3.63, 3.8) is 0 Å². The molecule has 0 aliphatic carbocycles. The lowest BCUT2D eigenvalue weighted by molar-refractivity contribution is 0.262. The van der Waals surface area contributed by atoms with Crippen molar-refractivity contribution < 1.29 is 4.79 Å². The van der Waals surface area contributed by atoms with E-state index in [0.29, 0.717) is 5.82 Å². The van der Waals surface area contributed by atoms with E-state index in [4.69, 9.17) is 0 Å². The van der Waals surface area contributed by atoms with Crippen LogP contribution in [-0.2, 0) is 7.05 Å². The molecule has 0 fully saturated rings. The summed E-state index contributed by atoms with van der Waals surface area (Å²) in [6, 6.07) is 15.2. The SMILES string of the molecule is Cn1nc(-c2ccccc2)cc1NC(=O)Nc1cccs1. The number of thiophene rings is 1. The van der Waals surface area contributed by atoms with Crippen LogP contribution < -0.4 is 10.6 Å². The van der Waals surface area contributed by atoms with Crippen LogP contribution >= 0.6 is 11.3 Å². The number of hydrogen-bond acceptors (Lipinski definition) is 3. The Morgan fingerprint density at radius 1 is 1.14 bits per heavy atom. The van der Waals surface area contributed by atoms with Crippen LogP contribution in [0.15, 0.2) is 53.9 Å². The molecule has 2 N–H and O–H groups in total. The molecule has 106 valence electrons. The summed E-state index contributed by atoms with van der Waals surface area (Å²) in [6.07, 6.45) is 0. The summed E-state index contributed by atoms with van der Waals surface area (Å²) in [6.45, 7) is 0. The predicted octanol–water partition coefficient (Wildman–Crippen LogP) is 3.79. The van der Waals surface area contributed by atoms with Crippen molar-refractivity contribution >= 4 is 28.2 Å². The topological polar surface area (TPSA) is 59.0 Å². The van der Waals surface area contributed by atoms with E-state index in [9.17, 15) is 4.79 Å². The van der Waals surface area contributed by atoms with Gasteiger partial charge in [0.15, 0.2) is 0 Å². The normalized spacial score (nSPS) is 10.3. The van der Waals surface area contributed by atoms with E-state index >= 15 is 0 Å². The Bertz CT molecular complexity index is 734. The van der Waals surface area contributed by atoms with E-state index < -0.39 is 0 Å². The van der Waals surface area contributed by atoms with Gasteiger partial charge in [-0.2, -0.15) is 5.10 Å². The smallest absolute Gasteiger partial charge is 0.299 e. The van der Waals surface area contributed by atoms with Gasteiger partial charge in [0.05, 0.1) is 10.7 Å². The number of nitrogens with zero attached hydrogens (tertiary/aromatic N) is 2. The average molecular weight is 298 g/mol. The van der Waals surface area contributed by atoms with Gasteiger partial charge in [-0.15, -0.1) is 11.3 Å². The molecule has 0 aliphatic heterocycles. The molecule has 2 aromatic heterocycles. The zero-order chi connectivity index (χ0) is 14.7. The Hall–Kier alpha value is -2.60. The van der Waals surface area contributed by atoms with Gasteiger partial charge in [0.1, 0.15) is 5.82 Å². The molecule has 0 radical (unpaired) electrons. The second-order valence-electron chi connectivity index (χ2n) is 4.46. The van der Waals surface area contributed by atoms with Crippen LogP contribution in [0, 0.1) is 0 Å². The Balaban J connectivity index is 1.74.